The van der Waals surface area contributed by atoms with Crippen molar-refractivity contribution in [1.29, 1.82) is 0 Å². The summed E-state index contributed by atoms with van der Waals surface area (Å²) in [6.07, 6.45) is -14.7. The molecule has 0 aromatic rings. The predicted molar refractivity (Wildman–Crippen MR) is 166 cm³/mol. The molecule has 292 valence electrons. The van der Waals surface area contributed by atoms with Gasteiger partial charge in [0.05, 0.1) is 50.6 Å². The summed E-state index contributed by atoms with van der Waals surface area (Å²) in [7, 11) is 1.16. The van der Waals surface area contributed by atoms with Crippen molar-refractivity contribution in [3.05, 3.63) is 36.3 Å². The summed E-state index contributed by atoms with van der Waals surface area (Å²) in [6, 6.07) is 0. The number of rotatable bonds is 12. The van der Waals surface area contributed by atoms with E-state index in [0.717, 1.165) is 19.6 Å². The lowest BCUT2D eigenvalue weighted by atomic mass is 9.81. The second-order valence-corrected chi connectivity index (χ2v) is 13.3. The lowest BCUT2D eigenvalue weighted by Gasteiger charge is -2.43. The van der Waals surface area contributed by atoms with Crippen molar-refractivity contribution in [3.8, 4) is 0 Å². The molecule has 0 bridgehead atoms. The molecule has 4 aliphatic heterocycles. The minimum absolute atomic E-state index is 0.0122. The van der Waals surface area contributed by atoms with Crippen LogP contribution in [0.5, 0.6) is 0 Å². The van der Waals surface area contributed by atoms with Gasteiger partial charge in [0.2, 0.25) is 12.6 Å². The maximum Gasteiger partial charge on any atom is 0.337 e. The average Bonchev–Trinajstić information content (AvgIpc) is 3.44. The molecule has 4 heterocycles. The molecule has 0 spiro atoms. The van der Waals surface area contributed by atoms with Gasteiger partial charge in [-0.15, -0.1) is 6.58 Å². The van der Waals surface area contributed by atoms with Gasteiger partial charge < -0.3 is 78.7 Å². The van der Waals surface area contributed by atoms with E-state index < -0.39 is 129 Å². The van der Waals surface area contributed by atoms with E-state index in [-0.39, 0.29) is 36.4 Å². The monoisotopic (exact) mass is 746 g/mol. The summed E-state index contributed by atoms with van der Waals surface area (Å²) in [6.45, 7) is 3.77. The number of hydrogen-bond donors (Lipinski definition) is 8. The van der Waals surface area contributed by atoms with Crippen LogP contribution in [0.4, 0.5) is 0 Å². The summed E-state index contributed by atoms with van der Waals surface area (Å²) in [5.41, 5.74) is 0.0666. The van der Waals surface area contributed by atoms with E-state index >= 15 is 0 Å². The SMILES string of the molecule is C=CC1C(OC2OC(CO)C(O)C(O)C2O)OC=C(C(=O)OC)C1CCOC(=O)C1=COC(OC2OC(CO)C(O)C(O)C2O)C2C(C)C(=O)CC12. The van der Waals surface area contributed by atoms with Gasteiger partial charge >= 0.3 is 11.9 Å². The molecular formula is C33H46O19. The van der Waals surface area contributed by atoms with Gasteiger partial charge in [-0.3, -0.25) is 4.79 Å². The third kappa shape index (κ3) is 7.77. The first-order valence-electron chi connectivity index (χ1n) is 16.8. The molecule has 0 aromatic carbocycles. The summed E-state index contributed by atoms with van der Waals surface area (Å²) < 4.78 is 44.3. The van der Waals surface area contributed by atoms with Crippen LogP contribution in [0.3, 0.4) is 0 Å². The van der Waals surface area contributed by atoms with Gasteiger partial charge in [-0.25, -0.2) is 9.59 Å². The van der Waals surface area contributed by atoms with Gasteiger partial charge in [0.25, 0.3) is 0 Å². The minimum Gasteiger partial charge on any atom is -0.472 e. The molecular weight excluding hydrogens is 700 g/mol. The number of ether oxygens (including phenoxy) is 8. The molecule has 19 heteroatoms. The molecule has 19 nitrogen and oxygen atoms in total. The Labute approximate surface area is 297 Å². The lowest BCUT2D eigenvalue weighted by Crippen LogP contribution is -2.60. The zero-order valence-electron chi connectivity index (χ0n) is 28.4. The molecule has 2 saturated heterocycles. The summed E-state index contributed by atoms with van der Waals surface area (Å²) >= 11 is 0. The molecule has 0 amide bonds. The maximum absolute atomic E-state index is 13.4. The Morgan fingerprint density at radius 3 is 1.88 bits per heavy atom. The predicted octanol–water partition coefficient (Wildman–Crippen LogP) is -3.53. The van der Waals surface area contributed by atoms with Crippen LogP contribution in [-0.2, 0) is 52.3 Å². The summed E-state index contributed by atoms with van der Waals surface area (Å²) in [4.78, 5) is 39.0. The standard InChI is InChI=1S/C33H46O19/c1-4-13-14(16(28(43)45-3)10-47-30(13)51-32-26(41)24(39)22(37)19(8-34)49-32)5-6-46-29(44)17-11-48-31(21-12(2)18(36)7-15(17)21)52-33-27(42)25(40)23(38)20(9-35)50-33/h4,10-15,19-27,30-35,37-42H,1,5-9H2,2-3H3. The van der Waals surface area contributed by atoms with Crippen LogP contribution >= 0.6 is 0 Å². The summed E-state index contributed by atoms with van der Waals surface area (Å²) in [5.74, 6) is -5.58. The number of methoxy groups -OCH3 is 1. The van der Waals surface area contributed by atoms with Crippen molar-refractivity contribution < 1.29 is 93.1 Å². The van der Waals surface area contributed by atoms with Gasteiger partial charge in [-0.2, -0.15) is 0 Å². The number of Topliss-reactive ketones (excluding diaryl/α,β-unsaturated/α-hetero) is 1. The molecule has 3 fully saturated rings. The van der Waals surface area contributed by atoms with Crippen LogP contribution in [0, 0.1) is 29.6 Å². The van der Waals surface area contributed by atoms with E-state index in [1.807, 2.05) is 0 Å². The molecule has 1 saturated carbocycles. The molecule has 1 aliphatic carbocycles. The Kier molecular flexibility index (Phi) is 13.1. The first kappa shape index (κ1) is 40.1. The van der Waals surface area contributed by atoms with Crippen LogP contribution in [0.25, 0.3) is 0 Å². The van der Waals surface area contributed by atoms with Crippen LogP contribution in [0.2, 0.25) is 0 Å². The number of esters is 2. The van der Waals surface area contributed by atoms with E-state index in [0.29, 0.717) is 0 Å². The zero-order chi connectivity index (χ0) is 38.0. The highest BCUT2D eigenvalue weighted by Gasteiger charge is 2.54. The van der Waals surface area contributed by atoms with Crippen LogP contribution in [0.15, 0.2) is 36.3 Å². The van der Waals surface area contributed by atoms with Crippen molar-refractivity contribution >= 4 is 17.7 Å². The molecule has 0 aromatic heterocycles. The van der Waals surface area contributed by atoms with E-state index in [1.165, 1.54) is 6.08 Å². The number of hydrogen-bond acceptors (Lipinski definition) is 19. The van der Waals surface area contributed by atoms with Crippen LogP contribution in [-0.4, -0.2) is 159 Å². The highest BCUT2D eigenvalue weighted by molar-refractivity contribution is 5.93. The topological polar surface area (TPSA) is 287 Å². The van der Waals surface area contributed by atoms with Crippen molar-refractivity contribution in [2.24, 2.45) is 29.6 Å². The van der Waals surface area contributed by atoms with Gasteiger partial charge in [0, 0.05) is 36.0 Å². The summed E-state index contributed by atoms with van der Waals surface area (Å²) in [5, 5.41) is 80.5. The van der Waals surface area contributed by atoms with Crippen molar-refractivity contribution in [2.75, 3.05) is 26.9 Å². The maximum atomic E-state index is 13.4. The largest absolute Gasteiger partial charge is 0.472 e. The first-order chi connectivity index (χ1) is 24.8. The van der Waals surface area contributed by atoms with Gasteiger partial charge in [-0.1, -0.05) is 13.0 Å². The van der Waals surface area contributed by atoms with Crippen molar-refractivity contribution in [3.63, 3.8) is 0 Å². The lowest BCUT2D eigenvalue weighted by molar-refractivity contribution is -0.342. The highest BCUT2D eigenvalue weighted by Crippen LogP contribution is 2.46. The molecule has 5 aliphatic rings. The number of fused-ring (bicyclic) bond motifs is 1. The second kappa shape index (κ2) is 17.0. The molecule has 52 heavy (non-hydrogen) atoms. The van der Waals surface area contributed by atoms with E-state index in [9.17, 15) is 55.2 Å². The minimum atomic E-state index is -1.74. The fourth-order valence-electron chi connectivity index (χ4n) is 7.25. The van der Waals surface area contributed by atoms with Crippen LogP contribution < -0.4 is 0 Å². The Hall–Kier alpha value is -3.05. The quantitative estimate of drug-likeness (QED) is 0.0709. The van der Waals surface area contributed by atoms with E-state index in [2.05, 4.69) is 6.58 Å². The van der Waals surface area contributed by atoms with E-state index in [4.69, 9.17) is 37.9 Å². The Bertz CT molecular complexity index is 1360. The Morgan fingerprint density at radius 2 is 1.35 bits per heavy atom. The number of aliphatic hydroxyl groups is 8. The molecule has 17 atom stereocenters. The van der Waals surface area contributed by atoms with Crippen molar-refractivity contribution in [1.82, 2.24) is 0 Å². The number of aliphatic hydroxyl groups excluding tert-OH is 8. The third-order valence-electron chi connectivity index (χ3n) is 10.3. The fraction of sp³-hybridized carbons (Fsp3) is 0.727. The van der Waals surface area contributed by atoms with Gasteiger partial charge in [-0.05, 0) is 6.42 Å². The molecule has 0 radical (unpaired) electrons. The molecule has 8 N–H and O–H groups in total. The fourth-order valence-corrected chi connectivity index (χ4v) is 7.25. The normalized spacial score (nSPS) is 43.3. The zero-order valence-corrected chi connectivity index (χ0v) is 28.4. The van der Waals surface area contributed by atoms with Gasteiger partial charge in [0.1, 0.15) is 54.6 Å². The Balaban J connectivity index is 1.26. The molecule has 5 rings (SSSR count). The van der Waals surface area contributed by atoms with E-state index in [1.54, 1.807) is 6.92 Å². The first-order valence-corrected chi connectivity index (χ1v) is 16.8. The second-order valence-electron chi connectivity index (χ2n) is 13.3. The number of carbonyl (C=O) groups is 3. The van der Waals surface area contributed by atoms with Crippen molar-refractivity contribution in [2.45, 2.75) is 93.8 Å². The highest BCUT2D eigenvalue weighted by atomic mass is 16.8. The average molecular weight is 747 g/mol. The third-order valence-corrected chi connectivity index (χ3v) is 10.3. The number of carbonyl (C=O) groups excluding carboxylic acids is 3. The Morgan fingerprint density at radius 1 is 0.808 bits per heavy atom. The smallest absolute Gasteiger partial charge is 0.337 e. The number of ketones is 1. The van der Waals surface area contributed by atoms with Crippen LogP contribution in [0.1, 0.15) is 19.8 Å². The van der Waals surface area contributed by atoms with Gasteiger partial charge in [0.15, 0.2) is 12.6 Å². The molecule has 17 unspecified atom stereocenters.